The van der Waals surface area contributed by atoms with Gasteiger partial charge in [-0.15, -0.1) is 0 Å². The number of phenols is 1. The first-order valence-corrected chi connectivity index (χ1v) is 9.35. The molecule has 0 saturated carbocycles. The molecule has 138 valence electrons. The molecule has 0 unspecified atom stereocenters. The van der Waals surface area contributed by atoms with E-state index >= 15 is 0 Å². The van der Waals surface area contributed by atoms with Crippen LogP contribution in [0.3, 0.4) is 0 Å². The third-order valence-corrected chi connectivity index (χ3v) is 5.31. The summed E-state index contributed by atoms with van der Waals surface area (Å²) < 4.78 is 3.82. The van der Waals surface area contributed by atoms with E-state index < -0.39 is 0 Å². The van der Waals surface area contributed by atoms with E-state index in [1.807, 2.05) is 37.0 Å². The lowest BCUT2D eigenvalue weighted by molar-refractivity contribution is 0.344. The minimum absolute atomic E-state index is 0.191. The van der Waals surface area contributed by atoms with Crippen molar-refractivity contribution in [1.82, 2.24) is 29.7 Å². The Morgan fingerprint density at radius 3 is 2.70 bits per heavy atom. The van der Waals surface area contributed by atoms with Crippen molar-refractivity contribution in [3.8, 4) is 17.0 Å². The lowest BCUT2D eigenvalue weighted by Crippen LogP contribution is -2.29. The van der Waals surface area contributed by atoms with Crippen molar-refractivity contribution in [1.29, 1.82) is 0 Å². The third-order valence-electron chi connectivity index (χ3n) is 5.31. The summed E-state index contributed by atoms with van der Waals surface area (Å²) in [6.07, 6.45) is 6.07. The number of benzene rings is 1. The number of hydrogen-bond acceptors (Lipinski definition) is 5. The molecule has 27 heavy (non-hydrogen) atoms. The molecule has 7 heteroatoms. The van der Waals surface area contributed by atoms with Gasteiger partial charge in [0.15, 0.2) is 5.65 Å². The predicted octanol–water partition coefficient (Wildman–Crippen LogP) is 2.99. The van der Waals surface area contributed by atoms with Crippen LogP contribution in [-0.4, -0.2) is 42.6 Å². The summed E-state index contributed by atoms with van der Waals surface area (Å²) in [7, 11) is 0. The van der Waals surface area contributed by atoms with E-state index in [9.17, 15) is 5.11 Å². The molecule has 7 nitrogen and oxygen atoms in total. The van der Waals surface area contributed by atoms with Crippen LogP contribution in [0.5, 0.6) is 5.75 Å². The minimum atomic E-state index is 0.191. The zero-order valence-electron chi connectivity index (χ0n) is 15.5. The lowest BCUT2D eigenvalue weighted by atomic mass is 10.1. The van der Waals surface area contributed by atoms with E-state index in [-0.39, 0.29) is 5.75 Å². The van der Waals surface area contributed by atoms with Crippen molar-refractivity contribution in [2.45, 2.75) is 32.7 Å². The number of rotatable bonds is 2. The maximum Gasteiger partial charge on any atom is 0.156 e. The number of piperidine rings is 1. The highest BCUT2D eigenvalue weighted by molar-refractivity contribution is 5.89. The second kappa shape index (κ2) is 6.06. The predicted molar refractivity (Wildman–Crippen MR) is 104 cm³/mol. The largest absolute Gasteiger partial charge is 0.506 e. The first-order chi connectivity index (χ1) is 13.1. The molecule has 4 aromatic rings. The molecule has 0 bridgehead atoms. The standard InChI is InChI=1S/C20H22N6O/c1-12-7-17(23-26-10-13(2)22-20(12)26)14-8-15-11-25(16-3-5-21-6-4-16)24-19(15)18(27)9-14/h7-11,16,21,27H,3-6H2,1-2H3. The highest BCUT2D eigenvalue weighted by Gasteiger charge is 2.18. The van der Waals surface area contributed by atoms with Gasteiger partial charge in [0, 0.05) is 17.1 Å². The van der Waals surface area contributed by atoms with Gasteiger partial charge in [0.1, 0.15) is 11.3 Å². The Balaban J connectivity index is 1.61. The quantitative estimate of drug-likeness (QED) is 0.573. The number of nitrogens with one attached hydrogen (secondary N) is 1. The third kappa shape index (κ3) is 2.75. The molecular formula is C20H22N6O. The lowest BCUT2D eigenvalue weighted by Gasteiger charge is -2.22. The number of aryl methyl sites for hydroxylation is 2. The summed E-state index contributed by atoms with van der Waals surface area (Å²) in [6.45, 7) is 6.00. The molecular weight excluding hydrogens is 340 g/mol. The maximum atomic E-state index is 10.6. The molecule has 1 aliphatic heterocycles. The minimum Gasteiger partial charge on any atom is -0.506 e. The van der Waals surface area contributed by atoms with Crippen LogP contribution in [0.25, 0.3) is 27.8 Å². The summed E-state index contributed by atoms with van der Waals surface area (Å²) in [5.41, 5.74) is 5.18. The van der Waals surface area contributed by atoms with Crippen LogP contribution in [-0.2, 0) is 0 Å². The average Bonchev–Trinajstić information content (AvgIpc) is 3.26. The van der Waals surface area contributed by atoms with Crippen LogP contribution in [0.2, 0.25) is 0 Å². The van der Waals surface area contributed by atoms with Crippen molar-refractivity contribution >= 4 is 16.6 Å². The molecule has 5 rings (SSSR count). The zero-order chi connectivity index (χ0) is 18.5. The molecule has 1 aromatic carbocycles. The van der Waals surface area contributed by atoms with E-state index in [4.69, 9.17) is 0 Å². The summed E-state index contributed by atoms with van der Waals surface area (Å²) >= 11 is 0. The van der Waals surface area contributed by atoms with Gasteiger partial charge >= 0.3 is 0 Å². The van der Waals surface area contributed by atoms with E-state index in [1.165, 1.54) is 0 Å². The van der Waals surface area contributed by atoms with Gasteiger partial charge in [0.25, 0.3) is 0 Å². The van der Waals surface area contributed by atoms with Crippen molar-refractivity contribution in [2.75, 3.05) is 13.1 Å². The smallest absolute Gasteiger partial charge is 0.156 e. The molecule has 3 aromatic heterocycles. The molecule has 0 amide bonds. The molecule has 1 aliphatic rings. The molecule has 0 spiro atoms. The van der Waals surface area contributed by atoms with Gasteiger partial charge in [-0.25, -0.2) is 9.50 Å². The highest BCUT2D eigenvalue weighted by Crippen LogP contribution is 2.32. The SMILES string of the molecule is Cc1cn2nc(-c3cc(O)c4nn(C5CCNCC5)cc4c3)cc(C)c2n1. The number of hydrogen-bond donors (Lipinski definition) is 2. The number of nitrogens with zero attached hydrogens (tertiary/aromatic N) is 5. The summed E-state index contributed by atoms with van der Waals surface area (Å²) in [4.78, 5) is 4.50. The van der Waals surface area contributed by atoms with E-state index in [0.29, 0.717) is 11.6 Å². The second-order valence-electron chi connectivity index (χ2n) is 7.39. The van der Waals surface area contributed by atoms with Gasteiger partial charge in [-0.2, -0.15) is 10.2 Å². The van der Waals surface area contributed by atoms with Crippen LogP contribution in [0.1, 0.15) is 30.1 Å². The van der Waals surface area contributed by atoms with Gasteiger partial charge in [-0.05, 0) is 63.5 Å². The van der Waals surface area contributed by atoms with Crippen LogP contribution in [0, 0.1) is 13.8 Å². The average molecular weight is 362 g/mol. The topological polar surface area (TPSA) is 80.3 Å². The molecule has 0 atom stereocenters. The second-order valence-corrected chi connectivity index (χ2v) is 7.39. The Morgan fingerprint density at radius 2 is 1.89 bits per heavy atom. The Labute approximate surface area is 156 Å². The Bertz CT molecular complexity index is 1150. The normalized spacial score (nSPS) is 15.8. The maximum absolute atomic E-state index is 10.6. The van der Waals surface area contributed by atoms with Gasteiger partial charge in [0.2, 0.25) is 0 Å². The van der Waals surface area contributed by atoms with E-state index in [2.05, 4.69) is 26.6 Å². The van der Waals surface area contributed by atoms with Crippen LogP contribution in [0.4, 0.5) is 0 Å². The fourth-order valence-corrected chi connectivity index (χ4v) is 3.93. The van der Waals surface area contributed by atoms with Crippen LogP contribution < -0.4 is 5.32 Å². The van der Waals surface area contributed by atoms with Gasteiger partial charge in [-0.3, -0.25) is 4.68 Å². The number of imidazole rings is 1. The molecule has 2 N–H and O–H groups in total. The van der Waals surface area contributed by atoms with Crippen molar-refractivity contribution in [2.24, 2.45) is 0 Å². The fraction of sp³-hybridized carbons (Fsp3) is 0.350. The Morgan fingerprint density at radius 1 is 1.07 bits per heavy atom. The Kier molecular flexibility index (Phi) is 3.65. The van der Waals surface area contributed by atoms with Crippen molar-refractivity contribution in [3.05, 3.63) is 41.9 Å². The first kappa shape index (κ1) is 16.3. The van der Waals surface area contributed by atoms with E-state index in [0.717, 1.165) is 59.5 Å². The fourth-order valence-electron chi connectivity index (χ4n) is 3.93. The van der Waals surface area contributed by atoms with Crippen molar-refractivity contribution in [3.63, 3.8) is 0 Å². The molecule has 0 radical (unpaired) electrons. The molecule has 0 aliphatic carbocycles. The Hall–Kier alpha value is -2.93. The van der Waals surface area contributed by atoms with E-state index in [1.54, 1.807) is 10.6 Å². The zero-order valence-corrected chi connectivity index (χ0v) is 15.5. The summed E-state index contributed by atoms with van der Waals surface area (Å²) in [6, 6.07) is 6.20. The first-order valence-electron chi connectivity index (χ1n) is 9.35. The van der Waals surface area contributed by atoms with Gasteiger partial charge in [0.05, 0.1) is 23.6 Å². The van der Waals surface area contributed by atoms with Crippen LogP contribution >= 0.6 is 0 Å². The number of aromatic nitrogens is 5. The summed E-state index contributed by atoms with van der Waals surface area (Å²) in [5, 5.41) is 24.2. The van der Waals surface area contributed by atoms with Crippen molar-refractivity contribution < 1.29 is 5.11 Å². The number of phenolic OH excluding ortho intramolecular Hbond substituents is 1. The van der Waals surface area contributed by atoms with Crippen LogP contribution in [0.15, 0.2) is 30.6 Å². The van der Waals surface area contributed by atoms with Gasteiger partial charge in [-0.1, -0.05) is 0 Å². The molecule has 1 fully saturated rings. The molecule has 1 saturated heterocycles. The highest BCUT2D eigenvalue weighted by atomic mass is 16.3. The van der Waals surface area contributed by atoms with Gasteiger partial charge < -0.3 is 10.4 Å². The summed E-state index contributed by atoms with van der Waals surface area (Å²) in [5.74, 6) is 0.191. The number of fused-ring (bicyclic) bond motifs is 2. The molecule has 4 heterocycles. The monoisotopic (exact) mass is 362 g/mol. The number of aromatic hydroxyl groups is 1.